The molecule has 0 aliphatic heterocycles. The summed E-state index contributed by atoms with van der Waals surface area (Å²) < 4.78 is 1.07. The fourth-order valence-electron chi connectivity index (χ4n) is 1.99. The topological polar surface area (TPSA) is 50.9 Å². The molecule has 1 atom stereocenters. The molecule has 0 saturated carbocycles. The van der Waals surface area contributed by atoms with Gasteiger partial charge in [0.15, 0.2) is 0 Å². The molecule has 3 nitrogen and oxygen atoms in total. The molecule has 4 heteroatoms. The number of aromatic nitrogens is 1. The highest BCUT2D eigenvalue weighted by atomic mass is 79.9. The Morgan fingerprint density at radius 2 is 1.94 bits per heavy atom. The minimum absolute atomic E-state index is 0.0606. The largest absolute Gasteiger partial charge is 0.383 e. The van der Waals surface area contributed by atoms with Crippen LogP contribution in [0.15, 0.2) is 41.0 Å². The molecule has 2 aromatic rings. The van der Waals surface area contributed by atoms with Gasteiger partial charge < -0.3 is 11.1 Å². The molecule has 94 valence electrons. The number of halogens is 1. The molecule has 1 unspecified atom stereocenters. The monoisotopic (exact) mass is 305 g/mol. The summed E-state index contributed by atoms with van der Waals surface area (Å²) >= 11 is 3.44. The first-order valence-electron chi connectivity index (χ1n) is 5.76. The third-order valence-corrected chi connectivity index (χ3v) is 3.42. The molecule has 3 N–H and O–H groups in total. The molecule has 0 amide bonds. The summed E-state index contributed by atoms with van der Waals surface area (Å²) in [6.45, 7) is 2.02. The van der Waals surface area contributed by atoms with E-state index in [9.17, 15) is 0 Å². The van der Waals surface area contributed by atoms with E-state index in [0.717, 1.165) is 15.6 Å². The van der Waals surface area contributed by atoms with Crippen molar-refractivity contribution in [1.29, 1.82) is 0 Å². The van der Waals surface area contributed by atoms with Crippen LogP contribution in [0.5, 0.6) is 0 Å². The zero-order valence-corrected chi connectivity index (χ0v) is 12.0. The Kier molecular flexibility index (Phi) is 3.99. The summed E-state index contributed by atoms with van der Waals surface area (Å²) in [7, 11) is 1.93. The third-order valence-electron chi connectivity index (χ3n) is 2.89. The van der Waals surface area contributed by atoms with Gasteiger partial charge in [0.05, 0.1) is 6.04 Å². The van der Waals surface area contributed by atoms with Crippen LogP contribution in [0.2, 0.25) is 0 Å². The van der Waals surface area contributed by atoms with Crippen molar-refractivity contribution >= 4 is 21.7 Å². The summed E-state index contributed by atoms with van der Waals surface area (Å²) in [4.78, 5) is 4.22. The maximum Gasteiger partial charge on any atom is 0.128 e. The van der Waals surface area contributed by atoms with Crippen molar-refractivity contribution in [2.45, 2.75) is 13.0 Å². The lowest BCUT2D eigenvalue weighted by Crippen LogP contribution is -2.19. The van der Waals surface area contributed by atoms with Crippen LogP contribution in [0, 0.1) is 6.92 Å². The molecule has 0 radical (unpaired) electrons. The minimum atomic E-state index is 0.0606. The van der Waals surface area contributed by atoms with E-state index in [2.05, 4.69) is 44.4 Å². The lowest BCUT2D eigenvalue weighted by molar-refractivity contribution is 0.690. The van der Waals surface area contributed by atoms with Gasteiger partial charge in [0, 0.05) is 16.2 Å². The number of pyridine rings is 1. The van der Waals surface area contributed by atoms with Crippen molar-refractivity contribution in [3.05, 3.63) is 57.7 Å². The predicted molar refractivity (Wildman–Crippen MR) is 78.4 cm³/mol. The Hall–Kier alpha value is -1.39. The van der Waals surface area contributed by atoms with Crippen molar-refractivity contribution in [3.8, 4) is 0 Å². The fourth-order valence-corrected chi connectivity index (χ4v) is 2.25. The molecular formula is C14H16BrN3. The number of hydrogen-bond donors (Lipinski definition) is 2. The van der Waals surface area contributed by atoms with Crippen LogP contribution in [-0.4, -0.2) is 12.0 Å². The molecule has 0 fully saturated rings. The third kappa shape index (κ3) is 2.71. The highest BCUT2D eigenvalue weighted by Gasteiger charge is 2.15. The molecule has 0 aliphatic carbocycles. The van der Waals surface area contributed by atoms with Gasteiger partial charge in [-0.2, -0.15) is 0 Å². The number of nitrogens with zero attached hydrogens (tertiary/aromatic N) is 1. The van der Waals surface area contributed by atoms with E-state index >= 15 is 0 Å². The average Bonchev–Trinajstić information content (AvgIpc) is 2.37. The zero-order valence-electron chi connectivity index (χ0n) is 10.4. The molecule has 1 aromatic heterocycles. The number of benzene rings is 1. The van der Waals surface area contributed by atoms with Crippen molar-refractivity contribution in [1.82, 2.24) is 10.3 Å². The molecule has 0 saturated heterocycles. The number of hydrogen-bond acceptors (Lipinski definition) is 3. The number of anilines is 1. The molecule has 2 rings (SSSR count). The molecule has 0 bridgehead atoms. The number of rotatable bonds is 3. The van der Waals surface area contributed by atoms with Crippen LogP contribution in [0.3, 0.4) is 0 Å². The lowest BCUT2D eigenvalue weighted by Gasteiger charge is -2.19. The summed E-state index contributed by atoms with van der Waals surface area (Å²) in [5.74, 6) is 0.572. The Morgan fingerprint density at radius 1 is 1.28 bits per heavy atom. The van der Waals surface area contributed by atoms with Crippen molar-refractivity contribution in [3.63, 3.8) is 0 Å². The van der Waals surface area contributed by atoms with Crippen LogP contribution in [0.4, 0.5) is 5.82 Å². The summed E-state index contributed by atoms with van der Waals surface area (Å²) in [5, 5.41) is 3.29. The van der Waals surface area contributed by atoms with Crippen LogP contribution in [0.25, 0.3) is 0 Å². The molecular weight excluding hydrogens is 290 g/mol. The molecule has 1 aromatic carbocycles. The fraction of sp³-hybridized carbons (Fsp3) is 0.214. The summed E-state index contributed by atoms with van der Waals surface area (Å²) in [6.07, 6.45) is 1.78. The molecule has 18 heavy (non-hydrogen) atoms. The van der Waals surface area contributed by atoms with Crippen molar-refractivity contribution in [2.75, 3.05) is 12.8 Å². The van der Waals surface area contributed by atoms with Gasteiger partial charge in [-0.25, -0.2) is 4.98 Å². The normalized spacial score (nSPS) is 12.4. The zero-order chi connectivity index (χ0) is 13.1. The van der Waals surface area contributed by atoms with Gasteiger partial charge in [-0.15, -0.1) is 0 Å². The quantitative estimate of drug-likeness (QED) is 0.916. The van der Waals surface area contributed by atoms with E-state index in [1.54, 1.807) is 6.20 Å². The van der Waals surface area contributed by atoms with Gasteiger partial charge in [0.1, 0.15) is 5.82 Å². The van der Waals surface area contributed by atoms with Gasteiger partial charge in [0.25, 0.3) is 0 Å². The van der Waals surface area contributed by atoms with E-state index in [4.69, 9.17) is 5.73 Å². The average molecular weight is 306 g/mol. The number of aryl methyl sites for hydroxylation is 1. The van der Waals surface area contributed by atoms with Gasteiger partial charge in [-0.3, -0.25) is 0 Å². The van der Waals surface area contributed by atoms with Crippen LogP contribution in [-0.2, 0) is 0 Å². The first-order chi connectivity index (χ1) is 8.61. The van der Waals surface area contributed by atoms with E-state index in [1.165, 1.54) is 5.56 Å². The van der Waals surface area contributed by atoms with Gasteiger partial charge in [-0.1, -0.05) is 28.1 Å². The first-order valence-corrected chi connectivity index (χ1v) is 6.56. The highest BCUT2D eigenvalue weighted by Crippen LogP contribution is 2.26. The predicted octanol–water partition coefficient (Wildman–Crippen LogP) is 3.04. The second-order valence-electron chi connectivity index (χ2n) is 4.26. The Morgan fingerprint density at radius 3 is 2.56 bits per heavy atom. The maximum absolute atomic E-state index is 5.97. The molecule has 1 heterocycles. The number of nitrogen functional groups attached to an aromatic ring is 1. The van der Waals surface area contributed by atoms with E-state index in [0.29, 0.717) is 5.82 Å². The Balaban J connectivity index is 2.44. The van der Waals surface area contributed by atoms with Gasteiger partial charge in [0.2, 0.25) is 0 Å². The highest BCUT2D eigenvalue weighted by molar-refractivity contribution is 9.10. The van der Waals surface area contributed by atoms with Crippen LogP contribution < -0.4 is 11.1 Å². The smallest absolute Gasteiger partial charge is 0.128 e. The van der Waals surface area contributed by atoms with Crippen LogP contribution >= 0.6 is 15.9 Å². The van der Waals surface area contributed by atoms with Gasteiger partial charge in [-0.05, 0) is 43.3 Å². The molecule has 0 spiro atoms. The van der Waals surface area contributed by atoms with E-state index in [1.807, 2.05) is 26.1 Å². The minimum Gasteiger partial charge on any atom is -0.383 e. The Labute approximate surface area is 116 Å². The second-order valence-corrected chi connectivity index (χ2v) is 5.18. The van der Waals surface area contributed by atoms with Gasteiger partial charge >= 0.3 is 0 Å². The van der Waals surface area contributed by atoms with Crippen molar-refractivity contribution in [2.24, 2.45) is 0 Å². The lowest BCUT2D eigenvalue weighted by atomic mass is 9.98. The number of nitrogens with two attached hydrogens (primary N) is 1. The van der Waals surface area contributed by atoms with E-state index in [-0.39, 0.29) is 6.04 Å². The second kappa shape index (κ2) is 5.50. The first kappa shape index (κ1) is 13.1. The van der Waals surface area contributed by atoms with E-state index < -0.39 is 0 Å². The maximum atomic E-state index is 5.97. The SMILES string of the molecule is CNC(c1ccc(Br)cc1)c1cc(C)cnc1N. The summed E-state index contributed by atoms with van der Waals surface area (Å²) in [6, 6.07) is 10.3. The summed E-state index contributed by atoms with van der Waals surface area (Å²) in [5.41, 5.74) is 9.26. The van der Waals surface area contributed by atoms with Crippen LogP contribution in [0.1, 0.15) is 22.7 Å². The Bertz CT molecular complexity index is 537. The standard InChI is InChI=1S/C14H16BrN3/c1-9-7-12(14(16)18-8-9)13(17-2)10-3-5-11(15)6-4-10/h3-8,13,17H,1-2H3,(H2,16,18). The number of nitrogens with one attached hydrogen (secondary N) is 1. The molecule has 0 aliphatic rings. The van der Waals surface area contributed by atoms with Crippen molar-refractivity contribution < 1.29 is 0 Å².